The lowest BCUT2D eigenvalue weighted by atomic mass is 10.1. The van der Waals surface area contributed by atoms with Gasteiger partial charge in [0.25, 0.3) is 0 Å². The summed E-state index contributed by atoms with van der Waals surface area (Å²) in [5.41, 5.74) is 4.48. The van der Waals surface area contributed by atoms with Gasteiger partial charge in [0, 0.05) is 37.1 Å². The zero-order valence-electron chi connectivity index (χ0n) is 13.8. The van der Waals surface area contributed by atoms with Crippen LogP contribution < -0.4 is 0 Å². The Morgan fingerprint density at radius 1 is 0.958 bits per heavy atom. The molecule has 0 N–H and O–H groups in total. The quantitative estimate of drug-likeness (QED) is 0.722. The number of nitrogens with zero attached hydrogens (tertiary/aromatic N) is 4. The minimum absolute atomic E-state index is 0.179. The first-order chi connectivity index (χ1) is 11.6. The van der Waals surface area contributed by atoms with Crippen LogP contribution in [0, 0.1) is 19.7 Å². The molecule has 0 saturated carbocycles. The van der Waals surface area contributed by atoms with E-state index in [1.54, 1.807) is 31.6 Å². The van der Waals surface area contributed by atoms with Crippen LogP contribution >= 0.6 is 0 Å². The third kappa shape index (κ3) is 4.19. The summed E-state index contributed by atoms with van der Waals surface area (Å²) >= 11 is 0. The highest BCUT2D eigenvalue weighted by Gasteiger charge is 2.05. The average molecular weight is 322 g/mol. The van der Waals surface area contributed by atoms with Gasteiger partial charge in [-0.3, -0.25) is 9.97 Å². The van der Waals surface area contributed by atoms with E-state index in [1.165, 1.54) is 6.07 Å². The zero-order chi connectivity index (χ0) is 16.9. The standard InChI is InChI=1S/C19H19FN4/c1-13-9-15(3-5-18(13)20)10-16-7-8-22-19(24-16)6-4-17-12-21-11-14(2)23-17/h3,5,7-9,11-12H,4,6,10H2,1-2H3. The van der Waals surface area contributed by atoms with Crippen molar-refractivity contribution >= 4 is 0 Å². The molecule has 3 aromatic rings. The maximum Gasteiger partial charge on any atom is 0.128 e. The van der Waals surface area contributed by atoms with E-state index in [9.17, 15) is 4.39 Å². The second-order valence-electron chi connectivity index (χ2n) is 5.88. The maximum absolute atomic E-state index is 13.4. The first-order valence-corrected chi connectivity index (χ1v) is 7.93. The highest BCUT2D eigenvalue weighted by molar-refractivity contribution is 5.27. The Labute approximate surface area is 140 Å². The second-order valence-corrected chi connectivity index (χ2v) is 5.88. The number of hydrogen-bond acceptors (Lipinski definition) is 4. The molecule has 1 aromatic carbocycles. The van der Waals surface area contributed by atoms with Crippen LogP contribution in [-0.2, 0) is 19.3 Å². The molecule has 0 unspecified atom stereocenters. The highest BCUT2D eigenvalue weighted by atomic mass is 19.1. The normalized spacial score (nSPS) is 10.8. The number of aryl methyl sites for hydroxylation is 4. The van der Waals surface area contributed by atoms with Crippen LogP contribution in [0.5, 0.6) is 0 Å². The van der Waals surface area contributed by atoms with Crippen molar-refractivity contribution in [3.05, 3.63) is 82.7 Å². The fraction of sp³-hybridized carbons (Fsp3) is 0.263. The van der Waals surface area contributed by atoms with Gasteiger partial charge in [-0.25, -0.2) is 14.4 Å². The van der Waals surface area contributed by atoms with E-state index in [2.05, 4.69) is 19.9 Å². The van der Waals surface area contributed by atoms with Crippen LogP contribution in [0.25, 0.3) is 0 Å². The van der Waals surface area contributed by atoms with Crippen molar-refractivity contribution in [1.29, 1.82) is 0 Å². The van der Waals surface area contributed by atoms with E-state index < -0.39 is 0 Å². The Balaban J connectivity index is 1.68. The first kappa shape index (κ1) is 16.2. The number of halogens is 1. The van der Waals surface area contributed by atoms with Gasteiger partial charge in [0.15, 0.2) is 0 Å². The average Bonchev–Trinajstić information content (AvgIpc) is 2.57. The molecule has 3 rings (SSSR count). The van der Waals surface area contributed by atoms with Gasteiger partial charge in [-0.05, 0) is 43.5 Å². The summed E-state index contributed by atoms with van der Waals surface area (Å²) in [6, 6.07) is 7.06. The third-order valence-corrected chi connectivity index (χ3v) is 3.78. The Kier molecular flexibility index (Phi) is 4.89. The summed E-state index contributed by atoms with van der Waals surface area (Å²) in [5, 5.41) is 0. The fourth-order valence-electron chi connectivity index (χ4n) is 2.56. The molecule has 0 bridgehead atoms. The lowest BCUT2D eigenvalue weighted by Gasteiger charge is -2.06. The van der Waals surface area contributed by atoms with Gasteiger partial charge in [0.2, 0.25) is 0 Å². The molecule has 24 heavy (non-hydrogen) atoms. The Morgan fingerprint density at radius 3 is 2.62 bits per heavy atom. The molecule has 2 heterocycles. The summed E-state index contributed by atoms with van der Waals surface area (Å²) in [4.78, 5) is 17.5. The molecule has 4 nitrogen and oxygen atoms in total. The van der Waals surface area contributed by atoms with E-state index in [-0.39, 0.29) is 5.82 Å². The Bertz CT molecular complexity index is 848. The van der Waals surface area contributed by atoms with Crippen molar-refractivity contribution in [3.63, 3.8) is 0 Å². The van der Waals surface area contributed by atoms with Crippen LogP contribution in [0.4, 0.5) is 4.39 Å². The van der Waals surface area contributed by atoms with Gasteiger partial charge in [-0.1, -0.05) is 12.1 Å². The van der Waals surface area contributed by atoms with Crippen molar-refractivity contribution in [2.24, 2.45) is 0 Å². The van der Waals surface area contributed by atoms with E-state index in [0.29, 0.717) is 18.4 Å². The number of benzene rings is 1. The molecule has 0 fully saturated rings. The van der Waals surface area contributed by atoms with Gasteiger partial charge in [0.1, 0.15) is 11.6 Å². The molecule has 5 heteroatoms. The second kappa shape index (κ2) is 7.25. The van der Waals surface area contributed by atoms with E-state index in [1.807, 2.05) is 19.1 Å². The molecule has 0 spiro atoms. The van der Waals surface area contributed by atoms with Crippen molar-refractivity contribution in [3.8, 4) is 0 Å². The minimum atomic E-state index is -0.179. The first-order valence-electron chi connectivity index (χ1n) is 7.93. The lowest BCUT2D eigenvalue weighted by Crippen LogP contribution is -2.03. The molecular weight excluding hydrogens is 303 g/mol. The molecule has 0 aliphatic heterocycles. The molecule has 0 aliphatic rings. The molecular formula is C19H19FN4. The number of aromatic nitrogens is 4. The van der Waals surface area contributed by atoms with Crippen LogP contribution in [-0.4, -0.2) is 19.9 Å². The van der Waals surface area contributed by atoms with Crippen LogP contribution in [0.3, 0.4) is 0 Å². The van der Waals surface area contributed by atoms with E-state index in [0.717, 1.165) is 34.9 Å². The SMILES string of the molecule is Cc1cncc(CCc2nccc(Cc3ccc(F)c(C)c3)n2)n1. The zero-order valence-corrected chi connectivity index (χ0v) is 13.8. The van der Waals surface area contributed by atoms with E-state index >= 15 is 0 Å². The van der Waals surface area contributed by atoms with Crippen molar-refractivity contribution in [2.45, 2.75) is 33.1 Å². The summed E-state index contributed by atoms with van der Waals surface area (Å²) in [7, 11) is 0. The van der Waals surface area contributed by atoms with Crippen molar-refractivity contribution in [2.75, 3.05) is 0 Å². The maximum atomic E-state index is 13.4. The van der Waals surface area contributed by atoms with Gasteiger partial charge in [-0.2, -0.15) is 0 Å². The molecule has 122 valence electrons. The topological polar surface area (TPSA) is 51.6 Å². The molecule has 0 aliphatic carbocycles. The summed E-state index contributed by atoms with van der Waals surface area (Å²) < 4.78 is 13.4. The minimum Gasteiger partial charge on any atom is -0.261 e. The van der Waals surface area contributed by atoms with Gasteiger partial charge < -0.3 is 0 Å². The van der Waals surface area contributed by atoms with Crippen molar-refractivity contribution in [1.82, 2.24) is 19.9 Å². The Hall–Kier alpha value is -2.69. The highest BCUT2D eigenvalue weighted by Crippen LogP contribution is 2.13. The molecule has 0 saturated heterocycles. The Morgan fingerprint density at radius 2 is 1.83 bits per heavy atom. The van der Waals surface area contributed by atoms with Crippen LogP contribution in [0.1, 0.15) is 34.0 Å². The number of rotatable bonds is 5. The van der Waals surface area contributed by atoms with Gasteiger partial charge in [-0.15, -0.1) is 0 Å². The summed E-state index contributed by atoms with van der Waals surface area (Å²) in [6.07, 6.45) is 7.43. The molecule has 0 atom stereocenters. The summed E-state index contributed by atoms with van der Waals surface area (Å²) in [5.74, 6) is 0.607. The lowest BCUT2D eigenvalue weighted by molar-refractivity contribution is 0.617. The predicted octanol–water partition coefficient (Wildman–Crippen LogP) is 3.40. The number of hydrogen-bond donors (Lipinski definition) is 0. The molecule has 0 radical (unpaired) electrons. The molecule has 2 aromatic heterocycles. The van der Waals surface area contributed by atoms with Crippen LogP contribution in [0.15, 0.2) is 42.9 Å². The summed E-state index contributed by atoms with van der Waals surface area (Å²) in [6.45, 7) is 3.70. The van der Waals surface area contributed by atoms with Gasteiger partial charge in [0.05, 0.1) is 11.4 Å². The smallest absolute Gasteiger partial charge is 0.128 e. The van der Waals surface area contributed by atoms with E-state index in [4.69, 9.17) is 0 Å². The largest absolute Gasteiger partial charge is 0.261 e. The van der Waals surface area contributed by atoms with Crippen molar-refractivity contribution < 1.29 is 4.39 Å². The fourth-order valence-corrected chi connectivity index (χ4v) is 2.56. The van der Waals surface area contributed by atoms with Gasteiger partial charge >= 0.3 is 0 Å². The van der Waals surface area contributed by atoms with Crippen LogP contribution in [0.2, 0.25) is 0 Å². The predicted molar refractivity (Wildman–Crippen MR) is 90.2 cm³/mol. The third-order valence-electron chi connectivity index (χ3n) is 3.78. The molecule has 0 amide bonds. The monoisotopic (exact) mass is 322 g/mol.